The van der Waals surface area contributed by atoms with E-state index in [0.717, 1.165) is 18.4 Å². The van der Waals surface area contributed by atoms with Crippen molar-refractivity contribution in [2.24, 2.45) is 5.92 Å². The Kier molecular flexibility index (Phi) is 4.68. The first-order valence-electron chi connectivity index (χ1n) is 9.44. The van der Waals surface area contributed by atoms with Crippen LogP contribution in [-0.2, 0) is 11.2 Å². The molecule has 0 bridgehead atoms. The summed E-state index contributed by atoms with van der Waals surface area (Å²) in [4.78, 5) is 32.4. The van der Waals surface area contributed by atoms with Gasteiger partial charge < -0.3 is 14.3 Å². The number of hydrogen-bond acceptors (Lipinski definition) is 5. The van der Waals surface area contributed by atoms with E-state index in [-0.39, 0.29) is 23.7 Å². The fourth-order valence-corrected chi connectivity index (χ4v) is 3.32. The quantitative estimate of drug-likeness (QED) is 0.779. The lowest BCUT2D eigenvalue weighted by Crippen LogP contribution is -2.48. The summed E-state index contributed by atoms with van der Waals surface area (Å²) in [5.74, 6) is 1.75. The number of aryl methyl sites for hydroxylation is 1. The van der Waals surface area contributed by atoms with Crippen LogP contribution in [0.5, 0.6) is 0 Å². The molecule has 4 rings (SSSR count). The summed E-state index contributed by atoms with van der Waals surface area (Å²) >= 11 is 0. The highest BCUT2D eigenvalue weighted by atomic mass is 16.5. The molecular weight excluding hydrogens is 344 g/mol. The van der Waals surface area contributed by atoms with Gasteiger partial charge in [0, 0.05) is 44.6 Å². The van der Waals surface area contributed by atoms with Crippen molar-refractivity contribution in [3.63, 3.8) is 0 Å². The number of hydrogen-bond donors (Lipinski definition) is 0. The van der Waals surface area contributed by atoms with Gasteiger partial charge >= 0.3 is 0 Å². The van der Waals surface area contributed by atoms with E-state index in [2.05, 4.69) is 10.1 Å². The highest BCUT2D eigenvalue weighted by Gasteiger charge is 2.36. The zero-order valence-corrected chi connectivity index (χ0v) is 15.7. The summed E-state index contributed by atoms with van der Waals surface area (Å²) in [6.07, 6.45) is 2.60. The van der Waals surface area contributed by atoms with Gasteiger partial charge in [-0.3, -0.25) is 9.59 Å². The number of aromatic nitrogens is 2. The maximum Gasteiger partial charge on any atom is 0.253 e. The topological polar surface area (TPSA) is 79.5 Å². The predicted molar refractivity (Wildman–Crippen MR) is 98.2 cm³/mol. The van der Waals surface area contributed by atoms with Crippen molar-refractivity contribution in [1.82, 2.24) is 19.9 Å². The number of carbonyl (C=O) groups is 2. The molecule has 0 N–H and O–H groups in total. The van der Waals surface area contributed by atoms with Crippen molar-refractivity contribution in [1.29, 1.82) is 0 Å². The summed E-state index contributed by atoms with van der Waals surface area (Å²) < 4.78 is 5.37. The number of nitrogens with zero attached hydrogens (tertiary/aromatic N) is 4. The number of rotatable bonds is 6. The highest BCUT2D eigenvalue weighted by molar-refractivity contribution is 5.95. The standard InChI is InChI=1S/C20H24N4O3/c1-13-4-3-5-15(10-13)20(26)24-11-16(12-24)18-21-17(22-27-18)8-9-23(2)19(25)14-6-7-14/h3-5,10,14,16H,6-9,11-12H2,1-2H3. The summed E-state index contributed by atoms with van der Waals surface area (Å²) in [5.41, 5.74) is 1.78. The Labute approximate surface area is 158 Å². The first-order chi connectivity index (χ1) is 13.0. The first kappa shape index (κ1) is 17.7. The van der Waals surface area contributed by atoms with E-state index in [1.807, 2.05) is 38.2 Å². The number of benzene rings is 1. The lowest BCUT2D eigenvalue weighted by atomic mass is 9.98. The maximum absolute atomic E-state index is 12.5. The van der Waals surface area contributed by atoms with Gasteiger partial charge in [0.15, 0.2) is 5.82 Å². The Morgan fingerprint density at radius 2 is 2.07 bits per heavy atom. The number of likely N-dealkylation sites (N-methyl/N-ethyl adjacent to an activating group) is 1. The van der Waals surface area contributed by atoms with Crippen molar-refractivity contribution in [3.05, 3.63) is 47.1 Å². The monoisotopic (exact) mass is 368 g/mol. The molecule has 2 aliphatic rings. The fourth-order valence-electron chi connectivity index (χ4n) is 3.32. The Morgan fingerprint density at radius 3 is 2.78 bits per heavy atom. The van der Waals surface area contributed by atoms with Crippen molar-refractivity contribution in [3.8, 4) is 0 Å². The van der Waals surface area contributed by atoms with E-state index < -0.39 is 0 Å². The van der Waals surface area contributed by atoms with Gasteiger partial charge in [0.05, 0.1) is 5.92 Å². The molecule has 2 heterocycles. The average molecular weight is 368 g/mol. The molecule has 7 heteroatoms. The largest absolute Gasteiger partial charge is 0.345 e. The number of likely N-dealkylation sites (tertiary alicyclic amines) is 1. The van der Waals surface area contributed by atoms with Gasteiger partial charge in [-0.25, -0.2) is 0 Å². The smallest absolute Gasteiger partial charge is 0.253 e. The van der Waals surface area contributed by atoms with Crippen molar-refractivity contribution in [2.45, 2.75) is 32.1 Å². The van der Waals surface area contributed by atoms with Crippen LogP contribution in [-0.4, -0.2) is 58.4 Å². The van der Waals surface area contributed by atoms with Crippen LogP contribution < -0.4 is 0 Å². The van der Waals surface area contributed by atoms with E-state index in [9.17, 15) is 9.59 Å². The van der Waals surface area contributed by atoms with Gasteiger partial charge in [-0.15, -0.1) is 0 Å². The molecule has 1 aromatic carbocycles. The Balaban J connectivity index is 1.27. The molecule has 2 fully saturated rings. The SMILES string of the molecule is Cc1cccc(C(=O)N2CC(c3nc(CCN(C)C(=O)C4CC4)no3)C2)c1. The van der Waals surface area contributed by atoms with Crippen molar-refractivity contribution < 1.29 is 14.1 Å². The second-order valence-corrected chi connectivity index (χ2v) is 7.61. The van der Waals surface area contributed by atoms with E-state index >= 15 is 0 Å². The second kappa shape index (κ2) is 7.13. The molecule has 0 unspecified atom stereocenters. The zero-order valence-electron chi connectivity index (χ0n) is 15.7. The molecule has 1 aliphatic carbocycles. The molecular formula is C20H24N4O3. The van der Waals surface area contributed by atoms with Gasteiger partial charge in [0.25, 0.3) is 5.91 Å². The molecule has 142 valence electrons. The van der Waals surface area contributed by atoms with Gasteiger partial charge in [0.2, 0.25) is 11.8 Å². The Hall–Kier alpha value is -2.70. The van der Waals surface area contributed by atoms with Crippen molar-refractivity contribution >= 4 is 11.8 Å². The molecule has 2 amide bonds. The lowest BCUT2D eigenvalue weighted by molar-refractivity contribution is -0.131. The Morgan fingerprint density at radius 1 is 1.30 bits per heavy atom. The van der Waals surface area contributed by atoms with Gasteiger partial charge in [0.1, 0.15) is 0 Å². The molecule has 0 radical (unpaired) electrons. The third kappa shape index (κ3) is 3.86. The molecule has 7 nitrogen and oxygen atoms in total. The summed E-state index contributed by atoms with van der Waals surface area (Å²) in [5, 5.41) is 4.02. The Bertz CT molecular complexity index is 852. The van der Waals surface area contributed by atoms with Gasteiger partial charge in [-0.05, 0) is 31.9 Å². The molecule has 1 saturated heterocycles. The van der Waals surface area contributed by atoms with E-state index in [1.54, 1.807) is 9.80 Å². The molecule has 1 saturated carbocycles. The van der Waals surface area contributed by atoms with Crippen LogP contribution in [0.4, 0.5) is 0 Å². The minimum atomic E-state index is 0.0369. The lowest BCUT2D eigenvalue weighted by Gasteiger charge is -2.37. The van der Waals surface area contributed by atoms with Gasteiger partial charge in [-0.2, -0.15) is 4.98 Å². The van der Waals surface area contributed by atoms with Gasteiger partial charge in [-0.1, -0.05) is 22.9 Å². The minimum absolute atomic E-state index is 0.0369. The second-order valence-electron chi connectivity index (χ2n) is 7.61. The predicted octanol–water partition coefficient (Wildman–Crippen LogP) is 2.03. The van der Waals surface area contributed by atoms with Crippen LogP contribution in [0.1, 0.15) is 46.4 Å². The van der Waals surface area contributed by atoms with Crippen LogP contribution >= 0.6 is 0 Å². The maximum atomic E-state index is 12.5. The molecule has 0 atom stereocenters. The van der Waals surface area contributed by atoms with Crippen LogP contribution in [0.15, 0.2) is 28.8 Å². The molecule has 2 aromatic rings. The van der Waals surface area contributed by atoms with E-state index in [1.165, 1.54) is 0 Å². The number of amides is 2. The average Bonchev–Trinajstić information content (AvgIpc) is 3.37. The molecule has 27 heavy (non-hydrogen) atoms. The highest BCUT2D eigenvalue weighted by Crippen LogP contribution is 2.30. The van der Waals surface area contributed by atoms with Crippen LogP contribution in [0.25, 0.3) is 0 Å². The van der Waals surface area contributed by atoms with E-state index in [0.29, 0.717) is 43.3 Å². The van der Waals surface area contributed by atoms with Crippen LogP contribution in [0.2, 0.25) is 0 Å². The fraction of sp³-hybridized carbons (Fsp3) is 0.500. The normalized spacial score (nSPS) is 16.9. The molecule has 1 aromatic heterocycles. The third-order valence-electron chi connectivity index (χ3n) is 5.24. The molecule has 1 aliphatic heterocycles. The van der Waals surface area contributed by atoms with E-state index in [4.69, 9.17) is 4.52 Å². The third-order valence-corrected chi connectivity index (χ3v) is 5.24. The first-order valence-corrected chi connectivity index (χ1v) is 9.44. The summed E-state index contributed by atoms with van der Waals surface area (Å²) in [7, 11) is 1.82. The number of carbonyl (C=O) groups excluding carboxylic acids is 2. The van der Waals surface area contributed by atoms with Crippen LogP contribution in [0, 0.1) is 12.8 Å². The van der Waals surface area contributed by atoms with Crippen LogP contribution in [0.3, 0.4) is 0 Å². The summed E-state index contributed by atoms with van der Waals surface area (Å²) in [6, 6.07) is 7.62. The summed E-state index contributed by atoms with van der Waals surface area (Å²) in [6.45, 7) is 3.76. The minimum Gasteiger partial charge on any atom is -0.345 e. The van der Waals surface area contributed by atoms with Crippen molar-refractivity contribution in [2.75, 3.05) is 26.7 Å². The zero-order chi connectivity index (χ0) is 19.0. The molecule has 0 spiro atoms.